The van der Waals surface area contributed by atoms with Crippen molar-refractivity contribution < 1.29 is 18.0 Å². The lowest BCUT2D eigenvalue weighted by Gasteiger charge is -2.30. The molecule has 1 heterocycles. The molecule has 166 valence electrons. The second-order valence-corrected chi connectivity index (χ2v) is 7.63. The second kappa shape index (κ2) is 9.23. The molecule has 0 unspecified atom stereocenters. The number of guanidine groups is 1. The lowest BCUT2D eigenvalue weighted by molar-refractivity contribution is -0.141. The molecule has 1 fully saturated rings. The number of hydrogen-bond donors (Lipinski definition) is 4. The minimum Gasteiger partial charge on any atom is -0.382 e. The van der Waals surface area contributed by atoms with E-state index in [1.165, 1.54) is 6.92 Å². The average molecular weight is 434 g/mol. The third-order valence-electron chi connectivity index (χ3n) is 5.06. The zero-order valence-electron chi connectivity index (χ0n) is 17.0. The Kier molecular flexibility index (Phi) is 6.67. The van der Waals surface area contributed by atoms with Crippen molar-refractivity contribution in [2.45, 2.75) is 50.9 Å². The molecular formula is C21H25F3N6O. The third kappa shape index (κ3) is 6.34. The van der Waals surface area contributed by atoms with Gasteiger partial charge in [0.25, 0.3) is 5.91 Å². The van der Waals surface area contributed by atoms with E-state index in [-0.39, 0.29) is 24.0 Å². The Morgan fingerprint density at radius 1 is 1.06 bits per heavy atom. The number of aryl methyl sites for hydroxylation is 1. The van der Waals surface area contributed by atoms with Gasteiger partial charge in [0, 0.05) is 29.0 Å². The van der Waals surface area contributed by atoms with E-state index in [0.29, 0.717) is 22.6 Å². The Morgan fingerprint density at radius 2 is 1.68 bits per heavy atom. The zero-order chi connectivity index (χ0) is 22.6. The Bertz CT molecular complexity index is 947. The van der Waals surface area contributed by atoms with Crippen molar-refractivity contribution in [1.82, 2.24) is 10.3 Å². The van der Waals surface area contributed by atoms with Crippen LogP contribution in [0.4, 0.5) is 24.5 Å². The maximum absolute atomic E-state index is 13.0. The van der Waals surface area contributed by atoms with Gasteiger partial charge in [-0.05, 0) is 69.0 Å². The quantitative estimate of drug-likeness (QED) is 0.425. The van der Waals surface area contributed by atoms with Gasteiger partial charge in [-0.25, -0.2) is 9.98 Å². The van der Waals surface area contributed by atoms with Crippen molar-refractivity contribution in [3.63, 3.8) is 0 Å². The van der Waals surface area contributed by atoms with E-state index in [9.17, 15) is 18.0 Å². The fraction of sp³-hybridized carbons (Fsp3) is 0.381. The SMILES string of the molecule is Cc1cc(NC2CCC(NC(=O)c3ccc(N=C(N)N)cc3)CC2)cc(C(F)(F)F)n1. The largest absolute Gasteiger partial charge is 0.433 e. The predicted molar refractivity (Wildman–Crippen MR) is 113 cm³/mol. The first-order chi connectivity index (χ1) is 14.6. The first-order valence-corrected chi connectivity index (χ1v) is 9.93. The highest BCUT2D eigenvalue weighted by Crippen LogP contribution is 2.31. The fourth-order valence-corrected chi connectivity index (χ4v) is 3.62. The van der Waals surface area contributed by atoms with Crippen LogP contribution in [0.1, 0.15) is 47.4 Å². The van der Waals surface area contributed by atoms with E-state index in [1.807, 2.05) is 0 Å². The molecule has 1 aromatic carbocycles. The molecule has 3 rings (SSSR count). The number of halogens is 3. The van der Waals surface area contributed by atoms with Crippen LogP contribution in [0.25, 0.3) is 0 Å². The molecule has 0 aliphatic heterocycles. The van der Waals surface area contributed by atoms with E-state index in [4.69, 9.17) is 11.5 Å². The topological polar surface area (TPSA) is 118 Å². The summed E-state index contributed by atoms with van der Waals surface area (Å²) in [5, 5.41) is 6.18. The number of amides is 1. The maximum atomic E-state index is 13.0. The Labute approximate surface area is 178 Å². The number of nitrogens with one attached hydrogen (secondary N) is 2. The van der Waals surface area contributed by atoms with Gasteiger partial charge in [0.15, 0.2) is 5.96 Å². The number of benzene rings is 1. The van der Waals surface area contributed by atoms with E-state index in [0.717, 1.165) is 31.7 Å². The van der Waals surface area contributed by atoms with Crippen LogP contribution in [-0.4, -0.2) is 28.9 Å². The highest BCUT2D eigenvalue weighted by Gasteiger charge is 2.33. The summed E-state index contributed by atoms with van der Waals surface area (Å²) in [5.74, 6) is -0.244. The zero-order valence-corrected chi connectivity index (χ0v) is 17.0. The van der Waals surface area contributed by atoms with Crippen LogP contribution in [0, 0.1) is 6.92 Å². The summed E-state index contributed by atoms with van der Waals surface area (Å²) in [5.41, 5.74) is 11.5. The van der Waals surface area contributed by atoms with E-state index in [1.54, 1.807) is 30.3 Å². The molecule has 6 N–H and O–H groups in total. The molecule has 0 radical (unpaired) electrons. The summed E-state index contributed by atoms with van der Waals surface area (Å²) in [6.45, 7) is 1.54. The van der Waals surface area contributed by atoms with Crippen LogP contribution in [-0.2, 0) is 6.18 Å². The highest BCUT2D eigenvalue weighted by atomic mass is 19.4. The van der Waals surface area contributed by atoms with Crippen LogP contribution in [0.2, 0.25) is 0 Å². The number of alkyl halides is 3. The molecule has 1 aliphatic rings. The van der Waals surface area contributed by atoms with Gasteiger partial charge in [-0.1, -0.05) is 0 Å². The van der Waals surface area contributed by atoms with Crippen LogP contribution in [0.5, 0.6) is 0 Å². The van der Waals surface area contributed by atoms with Crippen molar-refractivity contribution in [3.8, 4) is 0 Å². The maximum Gasteiger partial charge on any atom is 0.433 e. The number of carbonyl (C=O) groups is 1. The lowest BCUT2D eigenvalue weighted by Crippen LogP contribution is -2.40. The number of carbonyl (C=O) groups excluding carboxylic acids is 1. The number of aliphatic imine (C=N–C) groups is 1. The number of rotatable bonds is 5. The number of nitrogens with zero attached hydrogens (tertiary/aromatic N) is 2. The highest BCUT2D eigenvalue weighted by molar-refractivity contribution is 5.94. The number of anilines is 1. The number of aromatic nitrogens is 1. The summed E-state index contributed by atoms with van der Waals surface area (Å²) in [6, 6.07) is 9.29. The molecule has 0 spiro atoms. The van der Waals surface area contributed by atoms with Crippen LogP contribution < -0.4 is 22.1 Å². The average Bonchev–Trinajstić information content (AvgIpc) is 2.68. The Morgan fingerprint density at radius 3 is 2.26 bits per heavy atom. The van der Waals surface area contributed by atoms with Crippen LogP contribution >= 0.6 is 0 Å². The van der Waals surface area contributed by atoms with Gasteiger partial charge < -0.3 is 22.1 Å². The van der Waals surface area contributed by atoms with Gasteiger partial charge in [0.1, 0.15) is 5.69 Å². The molecule has 1 amide bonds. The summed E-state index contributed by atoms with van der Waals surface area (Å²) in [6.07, 6.45) is -1.56. The first-order valence-electron chi connectivity index (χ1n) is 9.93. The molecule has 2 aromatic rings. The summed E-state index contributed by atoms with van der Waals surface area (Å²) in [7, 11) is 0. The minimum atomic E-state index is -4.48. The molecule has 0 saturated heterocycles. The fourth-order valence-electron chi connectivity index (χ4n) is 3.62. The molecule has 1 aromatic heterocycles. The molecule has 7 nitrogen and oxygen atoms in total. The normalized spacial score (nSPS) is 18.8. The standard InChI is InChI=1S/C21H25F3N6O/c1-12-10-17(11-18(27-12)21(22,23)24)28-14-6-8-15(9-7-14)29-19(31)13-2-4-16(5-3-13)30-20(25)26/h2-5,10-11,14-15H,6-9H2,1H3,(H,27,28)(H,29,31)(H4,25,26,30). The molecule has 10 heteroatoms. The van der Waals surface area contributed by atoms with Crippen molar-refractivity contribution in [2.24, 2.45) is 16.5 Å². The van der Waals surface area contributed by atoms with Crippen molar-refractivity contribution in [2.75, 3.05) is 5.32 Å². The van der Waals surface area contributed by atoms with Crippen LogP contribution in [0.15, 0.2) is 41.4 Å². The smallest absolute Gasteiger partial charge is 0.382 e. The lowest BCUT2D eigenvalue weighted by atomic mass is 9.90. The molecule has 1 aliphatic carbocycles. The summed E-state index contributed by atoms with van der Waals surface area (Å²) >= 11 is 0. The van der Waals surface area contributed by atoms with Crippen LogP contribution in [0.3, 0.4) is 0 Å². The molecule has 0 bridgehead atoms. The monoisotopic (exact) mass is 434 g/mol. The Hall–Kier alpha value is -3.30. The van der Waals surface area contributed by atoms with Gasteiger partial charge in [0.2, 0.25) is 0 Å². The molecular weight excluding hydrogens is 409 g/mol. The van der Waals surface area contributed by atoms with Crippen molar-refractivity contribution >= 4 is 23.2 Å². The summed E-state index contributed by atoms with van der Waals surface area (Å²) < 4.78 is 38.9. The summed E-state index contributed by atoms with van der Waals surface area (Å²) in [4.78, 5) is 19.9. The Balaban J connectivity index is 1.52. The predicted octanol–water partition coefficient (Wildman–Crippen LogP) is 3.47. The molecule has 0 atom stereocenters. The van der Waals surface area contributed by atoms with Gasteiger partial charge in [0.05, 0.1) is 5.69 Å². The third-order valence-corrected chi connectivity index (χ3v) is 5.06. The minimum absolute atomic E-state index is 0.00726. The molecule has 1 saturated carbocycles. The van der Waals surface area contributed by atoms with E-state index < -0.39 is 11.9 Å². The van der Waals surface area contributed by atoms with E-state index >= 15 is 0 Å². The van der Waals surface area contributed by atoms with Gasteiger partial charge in [-0.2, -0.15) is 13.2 Å². The van der Waals surface area contributed by atoms with E-state index in [2.05, 4.69) is 20.6 Å². The molecule has 31 heavy (non-hydrogen) atoms. The number of nitrogens with two attached hydrogens (primary N) is 2. The van der Waals surface area contributed by atoms with Crippen molar-refractivity contribution in [1.29, 1.82) is 0 Å². The number of hydrogen-bond acceptors (Lipinski definition) is 4. The van der Waals surface area contributed by atoms with Gasteiger partial charge in [-0.3, -0.25) is 4.79 Å². The number of pyridine rings is 1. The second-order valence-electron chi connectivity index (χ2n) is 7.63. The first kappa shape index (κ1) is 22.4. The van der Waals surface area contributed by atoms with Gasteiger partial charge >= 0.3 is 6.18 Å². The van der Waals surface area contributed by atoms with Crippen molar-refractivity contribution in [3.05, 3.63) is 53.3 Å². The van der Waals surface area contributed by atoms with Gasteiger partial charge in [-0.15, -0.1) is 0 Å².